The van der Waals surface area contributed by atoms with Crippen LogP contribution in [0.2, 0.25) is 0 Å². The molecule has 1 fully saturated rings. The lowest BCUT2D eigenvalue weighted by molar-refractivity contribution is -0.153. The molecule has 0 aliphatic carbocycles. The van der Waals surface area contributed by atoms with Crippen LogP contribution < -0.4 is 15.4 Å². The van der Waals surface area contributed by atoms with Gasteiger partial charge in [0.15, 0.2) is 6.61 Å². The van der Waals surface area contributed by atoms with E-state index in [2.05, 4.69) is 15.4 Å². The zero-order valence-corrected chi connectivity index (χ0v) is 12.7. The third-order valence-electron chi connectivity index (χ3n) is 3.47. The largest absolute Gasteiger partial charge is 0.484 e. The van der Waals surface area contributed by atoms with E-state index < -0.39 is 12.8 Å². The van der Waals surface area contributed by atoms with Gasteiger partial charge in [0.05, 0.1) is 12.1 Å². The van der Waals surface area contributed by atoms with Crippen molar-refractivity contribution in [2.45, 2.75) is 38.2 Å². The molecule has 0 unspecified atom stereocenters. The molecule has 1 saturated heterocycles. The fourth-order valence-electron chi connectivity index (χ4n) is 2.19. The number of halogens is 3. The third kappa shape index (κ3) is 5.97. The Morgan fingerprint density at radius 1 is 1.35 bits per heavy atom. The van der Waals surface area contributed by atoms with Gasteiger partial charge in [-0.25, -0.2) is 4.79 Å². The van der Waals surface area contributed by atoms with Gasteiger partial charge in [0.25, 0.3) is 0 Å². The molecule has 2 rings (SSSR count). The molecule has 2 N–H and O–H groups in total. The Hall–Kier alpha value is -1.96. The van der Waals surface area contributed by atoms with Crippen molar-refractivity contribution in [2.75, 3.05) is 13.2 Å². The van der Waals surface area contributed by atoms with E-state index in [9.17, 15) is 18.0 Å². The van der Waals surface area contributed by atoms with Gasteiger partial charge in [-0.15, -0.1) is 0 Å². The van der Waals surface area contributed by atoms with Crippen LogP contribution in [0.1, 0.15) is 18.9 Å². The number of rotatable bonds is 5. The SMILES string of the molecule is C[C@H]1OCC[C@@H]1NC(=O)NCc1ccc(OCC(F)(F)F)cc1. The predicted molar refractivity (Wildman–Crippen MR) is 77.2 cm³/mol. The van der Waals surface area contributed by atoms with Crippen molar-refractivity contribution in [2.24, 2.45) is 0 Å². The fraction of sp³-hybridized carbons (Fsp3) is 0.533. The molecule has 128 valence electrons. The average molecular weight is 332 g/mol. The van der Waals surface area contributed by atoms with Crippen molar-refractivity contribution in [3.8, 4) is 5.75 Å². The van der Waals surface area contributed by atoms with Gasteiger partial charge >= 0.3 is 12.2 Å². The summed E-state index contributed by atoms with van der Waals surface area (Å²) >= 11 is 0. The molecular weight excluding hydrogens is 313 g/mol. The highest BCUT2D eigenvalue weighted by Gasteiger charge is 2.28. The number of alkyl halides is 3. The molecule has 0 saturated carbocycles. The number of benzene rings is 1. The molecule has 2 atom stereocenters. The van der Waals surface area contributed by atoms with Crippen molar-refractivity contribution in [3.63, 3.8) is 0 Å². The van der Waals surface area contributed by atoms with Gasteiger partial charge in [-0.05, 0) is 31.0 Å². The Morgan fingerprint density at radius 3 is 2.61 bits per heavy atom. The van der Waals surface area contributed by atoms with E-state index in [1.54, 1.807) is 12.1 Å². The summed E-state index contributed by atoms with van der Waals surface area (Å²) in [5.74, 6) is 0.132. The first kappa shape index (κ1) is 17.4. The van der Waals surface area contributed by atoms with Gasteiger partial charge in [0, 0.05) is 13.2 Å². The number of ether oxygens (including phenoxy) is 2. The van der Waals surface area contributed by atoms with Crippen molar-refractivity contribution < 1.29 is 27.4 Å². The summed E-state index contributed by atoms with van der Waals surface area (Å²) < 4.78 is 46.1. The summed E-state index contributed by atoms with van der Waals surface area (Å²) in [6.45, 7) is 1.48. The molecule has 8 heteroatoms. The van der Waals surface area contributed by atoms with Gasteiger partial charge in [-0.3, -0.25) is 0 Å². The van der Waals surface area contributed by atoms with E-state index >= 15 is 0 Å². The molecule has 1 heterocycles. The molecule has 0 aromatic heterocycles. The number of nitrogens with one attached hydrogen (secondary N) is 2. The second kappa shape index (κ2) is 7.54. The van der Waals surface area contributed by atoms with Gasteiger partial charge in [0.1, 0.15) is 5.75 Å². The van der Waals surface area contributed by atoms with Crippen LogP contribution in [-0.4, -0.2) is 37.6 Å². The highest BCUT2D eigenvalue weighted by Crippen LogP contribution is 2.18. The van der Waals surface area contributed by atoms with Crippen LogP contribution in [0.25, 0.3) is 0 Å². The Morgan fingerprint density at radius 2 is 2.04 bits per heavy atom. The van der Waals surface area contributed by atoms with Crippen LogP contribution in [0.4, 0.5) is 18.0 Å². The van der Waals surface area contributed by atoms with Crippen molar-refractivity contribution >= 4 is 6.03 Å². The van der Waals surface area contributed by atoms with E-state index in [0.29, 0.717) is 6.61 Å². The Labute approximate surface area is 132 Å². The highest BCUT2D eigenvalue weighted by atomic mass is 19.4. The van der Waals surface area contributed by atoms with Crippen LogP contribution >= 0.6 is 0 Å². The topological polar surface area (TPSA) is 59.6 Å². The number of hydrogen-bond donors (Lipinski definition) is 2. The Bertz CT molecular complexity index is 520. The zero-order valence-electron chi connectivity index (χ0n) is 12.7. The van der Waals surface area contributed by atoms with Crippen molar-refractivity contribution in [1.82, 2.24) is 10.6 Å². The van der Waals surface area contributed by atoms with E-state index in [-0.39, 0.29) is 30.5 Å². The number of hydrogen-bond acceptors (Lipinski definition) is 3. The summed E-state index contributed by atoms with van der Waals surface area (Å²) in [5, 5.41) is 5.52. The molecule has 1 aromatic rings. The molecule has 5 nitrogen and oxygen atoms in total. The Kier molecular flexibility index (Phi) is 5.70. The normalized spacial score (nSPS) is 21.0. The first-order chi connectivity index (χ1) is 10.8. The number of carbonyl (C=O) groups is 1. The molecule has 0 spiro atoms. The van der Waals surface area contributed by atoms with Gasteiger partial charge in [-0.1, -0.05) is 12.1 Å². The van der Waals surface area contributed by atoms with Crippen LogP contribution in [0.3, 0.4) is 0 Å². The smallest absolute Gasteiger partial charge is 0.422 e. The minimum absolute atomic E-state index is 0.00635. The summed E-state index contributed by atoms with van der Waals surface area (Å²) in [5.41, 5.74) is 0.759. The molecule has 1 aliphatic rings. The van der Waals surface area contributed by atoms with E-state index in [0.717, 1.165) is 12.0 Å². The number of urea groups is 1. The van der Waals surface area contributed by atoms with Gasteiger partial charge < -0.3 is 20.1 Å². The molecule has 0 bridgehead atoms. The molecular formula is C15H19F3N2O3. The second-order valence-corrected chi connectivity index (χ2v) is 5.35. The molecule has 2 amide bonds. The maximum Gasteiger partial charge on any atom is 0.422 e. The second-order valence-electron chi connectivity index (χ2n) is 5.35. The van der Waals surface area contributed by atoms with Gasteiger partial charge in [-0.2, -0.15) is 13.2 Å². The van der Waals surface area contributed by atoms with Crippen LogP contribution in [-0.2, 0) is 11.3 Å². The Balaban J connectivity index is 1.74. The minimum Gasteiger partial charge on any atom is -0.484 e. The molecule has 1 aromatic carbocycles. The molecule has 1 aliphatic heterocycles. The maximum absolute atomic E-state index is 12.0. The van der Waals surface area contributed by atoms with E-state index in [4.69, 9.17) is 4.74 Å². The van der Waals surface area contributed by atoms with Crippen LogP contribution in [0.15, 0.2) is 24.3 Å². The van der Waals surface area contributed by atoms with Crippen LogP contribution in [0.5, 0.6) is 5.75 Å². The predicted octanol–water partition coefficient (Wildman–Crippen LogP) is 2.60. The zero-order chi connectivity index (χ0) is 16.9. The lowest BCUT2D eigenvalue weighted by atomic mass is 10.2. The lowest BCUT2D eigenvalue weighted by Crippen LogP contribution is -2.44. The molecule has 23 heavy (non-hydrogen) atoms. The summed E-state index contributed by atoms with van der Waals surface area (Å²) in [4.78, 5) is 11.8. The van der Waals surface area contributed by atoms with E-state index in [1.807, 2.05) is 6.92 Å². The van der Waals surface area contributed by atoms with Crippen molar-refractivity contribution in [3.05, 3.63) is 29.8 Å². The fourth-order valence-corrected chi connectivity index (χ4v) is 2.19. The highest BCUT2D eigenvalue weighted by molar-refractivity contribution is 5.74. The van der Waals surface area contributed by atoms with Crippen molar-refractivity contribution in [1.29, 1.82) is 0 Å². The lowest BCUT2D eigenvalue weighted by Gasteiger charge is -2.16. The summed E-state index contributed by atoms with van der Waals surface area (Å²) in [6.07, 6.45) is -3.59. The van der Waals surface area contributed by atoms with Crippen LogP contribution in [0, 0.1) is 0 Å². The average Bonchev–Trinajstić information content (AvgIpc) is 2.88. The van der Waals surface area contributed by atoms with Gasteiger partial charge in [0.2, 0.25) is 0 Å². The maximum atomic E-state index is 12.0. The summed E-state index contributed by atoms with van der Waals surface area (Å²) in [7, 11) is 0. The quantitative estimate of drug-likeness (QED) is 0.871. The van der Waals surface area contributed by atoms with E-state index in [1.165, 1.54) is 12.1 Å². The number of carbonyl (C=O) groups excluding carboxylic acids is 1. The summed E-state index contributed by atoms with van der Waals surface area (Å²) in [6, 6.07) is 5.78. The minimum atomic E-state index is -4.36. The monoisotopic (exact) mass is 332 g/mol. The first-order valence-electron chi connectivity index (χ1n) is 7.28. The standard InChI is InChI=1S/C15H19F3N2O3/c1-10-13(6-7-22-10)20-14(21)19-8-11-2-4-12(5-3-11)23-9-15(16,17)18/h2-5,10,13H,6-9H2,1H3,(H2,19,20,21)/t10-,13+/m1/s1. The first-order valence-corrected chi connectivity index (χ1v) is 7.28. The molecule has 0 radical (unpaired) electrons. The third-order valence-corrected chi connectivity index (χ3v) is 3.47. The number of amides is 2.